The van der Waals surface area contributed by atoms with Gasteiger partial charge >= 0.3 is 13.7 Å². The fourth-order valence-corrected chi connectivity index (χ4v) is 7.91. The molecule has 1 aliphatic heterocycles. The van der Waals surface area contributed by atoms with Crippen molar-refractivity contribution in [1.29, 1.82) is 0 Å². The fourth-order valence-electron chi connectivity index (χ4n) is 4.98. The zero-order valence-electron chi connectivity index (χ0n) is 28.2. The molecule has 1 aliphatic rings. The number of benzene rings is 2. The Hall–Kier alpha value is -2.82. The van der Waals surface area contributed by atoms with Gasteiger partial charge in [-0.05, 0) is 106 Å². The average molecular weight is 694 g/mol. The van der Waals surface area contributed by atoms with E-state index in [4.69, 9.17) is 13.8 Å². The van der Waals surface area contributed by atoms with Crippen LogP contribution in [-0.4, -0.2) is 65.3 Å². The van der Waals surface area contributed by atoms with E-state index in [9.17, 15) is 18.9 Å². The molecule has 3 rings (SSSR count). The smallest absolute Gasteiger partial charge is 0.444 e. The zero-order valence-corrected chi connectivity index (χ0v) is 30.7. The van der Waals surface area contributed by atoms with Crippen molar-refractivity contribution < 1.29 is 32.7 Å². The molecule has 0 bridgehead atoms. The molecule has 1 heterocycles. The number of rotatable bonds is 13. The Morgan fingerprint density at radius 1 is 0.848 bits per heavy atom. The molecule has 0 radical (unpaired) electrons. The lowest BCUT2D eigenvalue weighted by atomic mass is 10.0. The second kappa shape index (κ2) is 16.3. The van der Waals surface area contributed by atoms with E-state index in [1.165, 1.54) is 4.90 Å². The van der Waals surface area contributed by atoms with E-state index in [0.29, 0.717) is 30.9 Å². The van der Waals surface area contributed by atoms with Crippen molar-refractivity contribution in [2.24, 2.45) is 11.8 Å². The van der Waals surface area contributed by atoms with Gasteiger partial charge in [-0.2, -0.15) is 0 Å². The molecule has 2 aromatic carbocycles. The highest BCUT2D eigenvalue weighted by molar-refractivity contribution is 7.98. The first kappa shape index (κ1) is 37.6. The highest BCUT2D eigenvalue weighted by Crippen LogP contribution is 2.54. The predicted molar refractivity (Wildman–Crippen MR) is 185 cm³/mol. The molecule has 1 unspecified atom stereocenters. The summed E-state index contributed by atoms with van der Waals surface area (Å²) in [4.78, 5) is 43.8. The molecule has 1 fully saturated rings. The highest BCUT2D eigenvalue weighted by Gasteiger charge is 2.46. The van der Waals surface area contributed by atoms with Crippen LogP contribution in [0.15, 0.2) is 58.3 Å². The first-order valence-corrected chi connectivity index (χ1v) is 19.5. The molecular formula is C33H48N3O7PS2. The van der Waals surface area contributed by atoms with Gasteiger partial charge in [0.2, 0.25) is 11.8 Å². The number of ether oxygens (including phenoxy) is 1. The Kier molecular flexibility index (Phi) is 13.4. The van der Waals surface area contributed by atoms with Crippen molar-refractivity contribution in [3.63, 3.8) is 0 Å². The van der Waals surface area contributed by atoms with Gasteiger partial charge in [0, 0.05) is 16.3 Å². The molecule has 2 aromatic rings. The van der Waals surface area contributed by atoms with Crippen LogP contribution in [0.5, 0.6) is 11.5 Å². The van der Waals surface area contributed by atoms with Crippen molar-refractivity contribution in [2.45, 2.75) is 94.6 Å². The Morgan fingerprint density at radius 3 is 1.76 bits per heavy atom. The maximum atomic E-state index is 14.8. The molecule has 0 aromatic heterocycles. The molecule has 13 heteroatoms. The molecule has 0 aliphatic carbocycles. The van der Waals surface area contributed by atoms with Crippen LogP contribution >= 0.6 is 31.1 Å². The Bertz CT molecular complexity index is 1330. The second-order valence-electron chi connectivity index (χ2n) is 12.8. The van der Waals surface area contributed by atoms with Gasteiger partial charge < -0.3 is 29.3 Å². The van der Waals surface area contributed by atoms with Crippen LogP contribution in [0.4, 0.5) is 4.79 Å². The summed E-state index contributed by atoms with van der Waals surface area (Å²) in [6.07, 6.45) is 4.23. The third-order valence-electron chi connectivity index (χ3n) is 7.29. The largest absolute Gasteiger partial charge is 0.453 e. The molecule has 2 N–H and O–H groups in total. The van der Waals surface area contributed by atoms with E-state index >= 15 is 0 Å². The number of likely N-dealkylation sites (tertiary alicyclic amines) is 1. The summed E-state index contributed by atoms with van der Waals surface area (Å²) < 4.78 is 32.5. The summed E-state index contributed by atoms with van der Waals surface area (Å²) in [5.74, 6) is -1.83. The summed E-state index contributed by atoms with van der Waals surface area (Å²) in [5, 5.41) is 5.63. The number of nitrogens with zero attached hydrogens (tertiary/aromatic N) is 1. The van der Waals surface area contributed by atoms with Gasteiger partial charge in [0.1, 0.15) is 29.2 Å². The van der Waals surface area contributed by atoms with E-state index < -0.39 is 43.1 Å². The van der Waals surface area contributed by atoms with Crippen molar-refractivity contribution in [3.8, 4) is 11.5 Å². The number of carbonyl (C=O) groups excluding carboxylic acids is 3. The normalized spacial score (nSPS) is 16.6. The monoisotopic (exact) mass is 693 g/mol. The first-order valence-electron chi connectivity index (χ1n) is 15.4. The third kappa shape index (κ3) is 10.3. The molecule has 0 saturated carbocycles. The van der Waals surface area contributed by atoms with Crippen molar-refractivity contribution >= 4 is 49.0 Å². The topological polar surface area (TPSA) is 123 Å². The summed E-state index contributed by atoms with van der Waals surface area (Å²) in [6.45, 7) is 12.9. The van der Waals surface area contributed by atoms with Crippen LogP contribution in [0, 0.1) is 11.8 Å². The van der Waals surface area contributed by atoms with Gasteiger partial charge in [0.25, 0.3) is 0 Å². The van der Waals surface area contributed by atoms with Crippen LogP contribution < -0.4 is 19.7 Å². The quantitative estimate of drug-likeness (QED) is 0.163. The number of amides is 3. The van der Waals surface area contributed by atoms with Gasteiger partial charge in [0.05, 0.1) is 0 Å². The summed E-state index contributed by atoms with van der Waals surface area (Å²) >= 11 is 3.14. The summed E-state index contributed by atoms with van der Waals surface area (Å²) in [7, 11) is -4.11. The maximum absolute atomic E-state index is 14.8. The molecule has 10 nitrogen and oxygen atoms in total. The molecule has 0 spiro atoms. The zero-order chi connectivity index (χ0) is 34.2. The minimum Gasteiger partial charge on any atom is -0.444 e. The molecule has 46 heavy (non-hydrogen) atoms. The van der Waals surface area contributed by atoms with Gasteiger partial charge in [-0.15, -0.1) is 23.5 Å². The second-order valence-corrected chi connectivity index (χ2v) is 16.6. The maximum Gasteiger partial charge on any atom is 0.453 e. The van der Waals surface area contributed by atoms with E-state index in [-0.39, 0.29) is 17.7 Å². The SMILES string of the molecule is CSc1ccc(OP(=O)(Oc2ccc(SC)cc2)C(NC(=O)[C@@H]2CCCN2C(=O)[C@@H](NC(=O)OC(C)(C)C)C(C)C)C(C)C)cc1. The lowest BCUT2D eigenvalue weighted by molar-refractivity contribution is -0.141. The van der Waals surface area contributed by atoms with E-state index in [0.717, 1.165) is 9.79 Å². The average Bonchev–Trinajstić information content (AvgIpc) is 3.48. The van der Waals surface area contributed by atoms with Crippen LogP contribution in [-0.2, 0) is 18.9 Å². The van der Waals surface area contributed by atoms with Gasteiger partial charge in [-0.3, -0.25) is 9.59 Å². The third-order valence-corrected chi connectivity index (χ3v) is 11.1. The lowest BCUT2D eigenvalue weighted by Gasteiger charge is -2.34. The van der Waals surface area contributed by atoms with Gasteiger partial charge in [-0.25, -0.2) is 9.36 Å². The predicted octanol–water partition coefficient (Wildman–Crippen LogP) is 7.42. The van der Waals surface area contributed by atoms with Crippen LogP contribution in [0.1, 0.15) is 61.3 Å². The minimum absolute atomic E-state index is 0.259. The van der Waals surface area contributed by atoms with Crippen molar-refractivity contribution in [2.75, 3.05) is 19.1 Å². The summed E-state index contributed by atoms with van der Waals surface area (Å²) in [6, 6.07) is 12.6. The standard InChI is InChI=1S/C33H48N3O7PS2/c1-21(2)28(34-32(39)41-33(5,6)7)31(38)36-20-10-11-27(36)29(37)35-30(22(3)4)44(40,42-23-12-16-25(45-8)17-13-23)43-24-14-18-26(46-9)19-15-24/h12-19,21-22,27-28,30H,10-11,20H2,1-9H3,(H,34,39)(H,35,37)/t27-,28-,30?/m0/s1. The van der Waals surface area contributed by atoms with Crippen molar-refractivity contribution in [3.05, 3.63) is 48.5 Å². The molecular weight excluding hydrogens is 645 g/mol. The Balaban J connectivity index is 1.89. The van der Waals surface area contributed by atoms with E-state index in [2.05, 4.69) is 10.6 Å². The lowest BCUT2D eigenvalue weighted by Crippen LogP contribution is -2.56. The van der Waals surface area contributed by atoms with Gasteiger partial charge in [0.15, 0.2) is 5.78 Å². The van der Waals surface area contributed by atoms with Gasteiger partial charge in [-0.1, -0.05) is 27.7 Å². The Labute approximate surface area is 282 Å². The number of thioether (sulfide) groups is 2. The Morgan fingerprint density at radius 2 is 1.35 bits per heavy atom. The molecule has 3 atom stereocenters. The number of nitrogens with one attached hydrogen (secondary N) is 2. The van der Waals surface area contributed by atoms with E-state index in [1.54, 1.807) is 68.6 Å². The molecule has 254 valence electrons. The number of hydrogen-bond acceptors (Lipinski definition) is 9. The summed E-state index contributed by atoms with van der Waals surface area (Å²) in [5.41, 5.74) is -0.733. The number of alkyl carbamates (subject to hydrolysis) is 1. The van der Waals surface area contributed by atoms with Crippen molar-refractivity contribution in [1.82, 2.24) is 15.5 Å². The molecule has 1 saturated heterocycles. The number of carbonyl (C=O) groups is 3. The fraction of sp³-hybridized carbons (Fsp3) is 0.545. The minimum atomic E-state index is -4.11. The highest BCUT2D eigenvalue weighted by atomic mass is 32.2. The van der Waals surface area contributed by atoms with Crippen LogP contribution in [0.25, 0.3) is 0 Å². The molecule has 3 amide bonds. The van der Waals surface area contributed by atoms with Crippen LogP contribution in [0.3, 0.4) is 0 Å². The number of hydrogen-bond donors (Lipinski definition) is 2. The van der Waals surface area contributed by atoms with E-state index in [1.807, 2.05) is 64.5 Å². The first-order chi connectivity index (χ1) is 21.6. The van der Waals surface area contributed by atoms with Crippen LogP contribution in [0.2, 0.25) is 0 Å².